The zero-order valence-corrected chi connectivity index (χ0v) is 12.9. The van der Waals surface area contributed by atoms with Gasteiger partial charge in [-0.1, -0.05) is 6.07 Å². The van der Waals surface area contributed by atoms with Crippen LogP contribution in [0, 0.1) is 0 Å². The molecule has 0 atom stereocenters. The molecule has 0 aliphatic rings. The normalized spacial score (nSPS) is 10.7. The lowest BCUT2D eigenvalue weighted by Crippen LogP contribution is -2.11. The average molecular weight is 288 g/mol. The summed E-state index contributed by atoms with van der Waals surface area (Å²) < 4.78 is 16.4. The molecular formula is C13H20ClO3Si. The largest absolute Gasteiger partial charge is 0.496 e. The third-order valence-corrected chi connectivity index (χ3v) is 3.42. The highest BCUT2D eigenvalue weighted by atomic mass is 35.5. The Morgan fingerprint density at radius 2 is 2.00 bits per heavy atom. The average Bonchev–Trinajstić information content (AvgIpc) is 2.37. The third kappa shape index (κ3) is 5.29. The lowest BCUT2D eigenvalue weighted by atomic mass is 10.2. The van der Waals surface area contributed by atoms with E-state index in [2.05, 4.69) is 13.1 Å². The number of hydrogen-bond donors (Lipinski definition) is 0. The molecule has 0 spiro atoms. The van der Waals surface area contributed by atoms with Gasteiger partial charge in [-0.15, -0.1) is 11.6 Å². The summed E-state index contributed by atoms with van der Waals surface area (Å²) in [6.45, 7) is 5.67. The molecule has 101 valence electrons. The van der Waals surface area contributed by atoms with Gasteiger partial charge in [0.05, 0.1) is 19.6 Å². The number of alkyl halides is 1. The maximum Gasteiger partial charge on any atom is 0.204 e. The monoisotopic (exact) mass is 287 g/mol. The van der Waals surface area contributed by atoms with Crippen LogP contribution in [0.2, 0.25) is 13.1 Å². The minimum Gasteiger partial charge on any atom is -0.496 e. The Morgan fingerprint density at radius 3 is 2.61 bits per heavy atom. The van der Waals surface area contributed by atoms with Gasteiger partial charge in [-0.3, -0.25) is 0 Å². The van der Waals surface area contributed by atoms with Gasteiger partial charge in [0.25, 0.3) is 0 Å². The van der Waals surface area contributed by atoms with E-state index in [0.717, 1.165) is 30.1 Å². The maximum absolute atomic E-state index is 5.80. The summed E-state index contributed by atoms with van der Waals surface area (Å²) in [4.78, 5) is 0. The van der Waals surface area contributed by atoms with E-state index in [1.54, 1.807) is 7.11 Å². The summed E-state index contributed by atoms with van der Waals surface area (Å²) in [6, 6.07) is 5.71. The van der Waals surface area contributed by atoms with E-state index in [-0.39, 0.29) is 0 Å². The molecule has 0 N–H and O–H groups in total. The van der Waals surface area contributed by atoms with Crippen molar-refractivity contribution in [2.75, 3.05) is 20.3 Å². The van der Waals surface area contributed by atoms with Crippen molar-refractivity contribution in [3.05, 3.63) is 23.8 Å². The van der Waals surface area contributed by atoms with Crippen molar-refractivity contribution in [3.8, 4) is 11.5 Å². The number of rotatable bonds is 8. The van der Waals surface area contributed by atoms with Crippen molar-refractivity contribution in [1.29, 1.82) is 0 Å². The second kappa shape index (κ2) is 8.40. The van der Waals surface area contributed by atoms with Crippen molar-refractivity contribution in [2.45, 2.75) is 25.4 Å². The number of ether oxygens (including phenoxy) is 2. The van der Waals surface area contributed by atoms with Gasteiger partial charge in [0.2, 0.25) is 9.04 Å². The molecule has 0 saturated heterocycles. The van der Waals surface area contributed by atoms with Gasteiger partial charge < -0.3 is 13.9 Å². The van der Waals surface area contributed by atoms with Crippen molar-refractivity contribution < 1.29 is 13.9 Å². The molecule has 0 heterocycles. The van der Waals surface area contributed by atoms with E-state index in [4.69, 9.17) is 25.5 Å². The number of methoxy groups -OCH3 is 1. The summed E-state index contributed by atoms with van der Waals surface area (Å²) >= 11 is 5.80. The number of hydrogen-bond acceptors (Lipinski definition) is 3. The van der Waals surface area contributed by atoms with Crippen LogP contribution in [0.25, 0.3) is 0 Å². The van der Waals surface area contributed by atoms with Crippen molar-refractivity contribution >= 4 is 20.6 Å². The van der Waals surface area contributed by atoms with Crippen molar-refractivity contribution in [2.24, 2.45) is 0 Å². The SMILES string of the molecule is COc1cc(OCCCO[Si](C)C)ccc1CCl. The summed E-state index contributed by atoms with van der Waals surface area (Å²) in [5.74, 6) is 2.01. The third-order valence-electron chi connectivity index (χ3n) is 2.35. The van der Waals surface area contributed by atoms with Crippen LogP contribution in [0.3, 0.4) is 0 Å². The smallest absolute Gasteiger partial charge is 0.204 e. The first-order valence-electron chi connectivity index (χ1n) is 5.96. The van der Waals surface area contributed by atoms with E-state index in [1.165, 1.54) is 0 Å². The molecule has 1 radical (unpaired) electrons. The van der Waals surface area contributed by atoms with Crippen LogP contribution in [0.4, 0.5) is 0 Å². The number of benzene rings is 1. The minimum absolute atomic E-state index is 0.440. The molecule has 5 heteroatoms. The van der Waals surface area contributed by atoms with Gasteiger partial charge >= 0.3 is 0 Å². The molecular weight excluding hydrogens is 268 g/mol. The standard InChI is InChI=1S/C13H20ClO3Si/c1-15-13-9-12(6-5-11(13)10-14)16-7-4-8-17-18(2)3/h5-6,9H,4,7-8,10H2,1-3H3. The Bertz CT molecular complexity index is 358. The van der Waals surface area contributed by atoms with E-state index in [0.29, 0.717) is 12.5 Å². The van der Waals surface area contributed by atoms with Crippen LogP contribution in [-0.4, -0.2) is 29.4 Å². The Labute approximate surface area is 116 Å². The minimum atomic E-state index is -0.589. The van der Waals surface area contributed by atoms with Crippen LogP contribution >= 0.6 is 11.6 Å². The van der Waals surface area contributed by atoms with Gasteiger partial charge in [-0.05, 0) is 19.2 Å². The van der Waals surface area contributed by atoms with Crippen LogP contribution in [-0.2, 0) is 10.3 Å². The molecule has 0 amide bonds. The highest BCUT2D eigenvalue weighted by molar-refractivity contribution is 6.48. The molecule has 3 nitrogen and oxygen atoms in total. The van der Waals surface area contributed by atoms with Crippen molar-refractivity contribution in [3.63, 3.8) is 0 Å². The van der Waals surface area contributed by atoms with E-state index in [1.807, 2.05) is 18.2 Å². The second-order valence-corrected chi connectivity index (χ2v) is 6.44. The van der Waals surface area contributed by atoms with Crippen LogP contribution in [0.1, 0.15) is 12.0 Å². The fraction of sp³-hybridized carbons (Fsp3) is 0.538. The molecule has 0 unspecified atom stereocenters. The van der Waals surface area contributed by atoms with Gasteiger partial charge in [0, 0.05) is 24.7 Å². The van der Waals surface area contributed by atoms with Gasteiger partial charge in [-0.25, -0.2) is 0 Å². The first kappa shape index (κ1) is 15.3. The van der Waals surface area contributed by atoms with Crippen molar-refractivity contribution in [1.82, 2.24) is 0 Å². The summed E-state index contributed by atoms with van der Waals surface area (Å²) in [6.07, 6.45) is 0.898. The zero-order chi connectivity index (χ0) is 13.4. The Morgan fingerprint density at radius 1 is 1.22 bits per heavy atom. The molecule has 1 aromatic rings. The van der Waals surface area contributed by atoms with E-state index in [9.17, 15) is 0 Å². The van der Waals surface area contributed by atoms with Crippen LogP contribution < -0.4 is 9.47 Å². The first-order valence-corrected chi connectivity index (χ1v) is 8.90. The van der Waals surface area contributed by atoms with Crippen LogP contribution in [0.15, 0.2) is 18.2 Å². The number of halogens is 1. The molecule has 0 saturated carbocycles. The summed E-state index contributed by atoms with van der Waals surface area (Å²) in [5, 5.41) is 0. The summed E-state index contributed by atoms with van der Waals surface area (Å²) in [7, 11) is 1.05. The topological polar surface area (TPSA) is 27.7 Å². The first-order chi connectivity index (χ1) is 8.67. The predicted molar refractivity (Wildman–Crippen MR) is 76.1 cm³/mol. The lowest BCUT2D eigenvalue weighted by molar-refractivity contribution is 0.249. The summed E-state index contributed by atoms with van der Waals surface area (Å²) in [5.41, 5.74) is 0.971. The molecule has 0 bridgehead atoms. The maximum atomic E-state index is 5.80. The highest BCUT2D eigenvalue weighted by Gasteiger charge is 2.04. The molecule has 0 aromatic heterocycles. The van der Waals surface area contributed by atoms with Crippen LogP contribution in [0.5, 0.6) is 11.5 Å². The second-order valence-electron chi connectivity index (χ2n) is 4.07. The predicted octanol–water partition coefficient (Wildman–Crippen LogP) is 3.47. The molecule has 0 fully saturated rings. The Hall–Kier alpha value is -0.713. The fourth-order valence-electron chi connectivity index (χ4n) is 1.45. The van der Waals surface area contributed by atoms with E-state index < -0.39 is 9.04 Å². The molecule has 1 rings (SSSR count). The Kier molecular flexibility index (Phi) is 7.16. The molecule has 0 aliphatic carbocycles. The lowest BCUT2D eigenvalue weighted by Gasteiger charge is -2.11. The Balaban J connectivity index is 2.38. The van der Waals surface area contributed by atoms with E-state index >= 15 is 0 Å². The van der Waals surface area contributed by atoms with Gasteiger partial charge in [0.1, 0.15) is 11.5 Å². The molecule has 1 aromatic carbocycles. The fourth-order valence-corrected chi connectivity index (χ4v) is 2.22. The molecule has 18 heavy (non-hydrogen) atoms. The highest BCUT2D eigenvalue weighted by Crippen LogP contribution is 2.25. The van der Waals surface area contributed by atoms with Gasteiger partial charge in [0.15, 0.2) is 0 Å². The zero-order valence-electron chi connectivity index (χ0n) is 11.2. The molecule has 0 aliphatic heterocycles. The quantitative estimate of drug-likeness (QED) is 0.416. The van der Waals surface area contributed by atoms with Gasteiger partial charge in [-0.2, -0.15) is 0 Å².